The van der Waals surface area contributed by atoms with Crippen LogP contribution in [0.15, 0.2) is 18.2 Å². The Morgan fingerprint density at radius 1 is 1.29 bits per heavy atom. The largest absolute Gasteiger partial charge is 0.496 e. The van der Waals surface area contributed by atoms with Crippen LogP contribution in [0.4, 0.5) is 0 Å². The van der Waals surface area contributed by atoms with Crippen LogP contribution in [-0.4, -0.2) is 7.11 Å². The first-order valence-electron chi connectivity index (χ1n) is 6.20. The summed E-state index contributed by atoms with van der Waals surface area (Å²) in [6, 6.07) is 8.70. The van der Waals surface area contributed by atoms with Crippen LogP contribution in [0.1, 0.15) is 36.8 Å². The molecule has 3 rings (SSSR count). The number of hydrogen-bond acceptors (Lipinski definition) is 2. The highest BCUT2D eigenvalue weighted by atomic mass is 16.5. The van der Waals surface area contributed by atoms with Gasteiger partial charge >= 0.3 is 0 Å². The van der Waals surface area contributed by atoms with Crippen LogP contribution < -0.4 is 4.74 Å². The minimum atomic E-state index is -0.284. The first-order valence-corrected chi connectivity index (χ1v) is 6.20. The molecule has 17 heavy (non-hydrogen) atoms. The number of ether oxygens (including phenoxy) is 1. The summed E-state index contributed by atoms with van der Waals surface area (Å²) in [7, 11) is 1.69. The lowest BCUT2D eigenvalue weighted by atomic mass is 9.57. The molecule has 2 aliphatic carbocycles. The Bertz CT molecular complexity index is 500. The van der Waals surface area contributed by atoms with E-state index >= 15 is 0 Å². The standard InChI is InChI=1S/C15H17NO/c1-11-3-4-13(17-2)12(7-11)15(10-16)8-14(9-15)5-6-14/h3-4,7H,5-6,8-9H2,1-2H3. The molecule has 88 valence electrons. The van der Waals surface area contributed by atoms with Gasteiger partial charge in [-0.1, -0.05) is 17.7 Å². The molecule has 1 spiro atoms. The molecule has 0 N–H and O–H groups in total. The van der Waals surface area contributed by atoms with E-state index in [4.69, 9.17) is 4.74 Å². The van der Waals surface area contributed by atoms with Gasteiger partial charge in [-0.25, -0.2) is 0 Å². The van der Waals surface area contributed by atoms with Gasteiger partial charge in [-0.2, -0.15) is 5.26 Å². The Kier molecular flexibility index (Phi) is 2.04. The molecule has 0 saturated heterocycles. The third kappa shape index (κ3) is 1.45. The number of rotatable bonds is 2. The van der Waals surface area contributed by atoms with Gasteiger partial charge in [0.1, 0.15) is 5.75 Å². The predicted molar refractivity (Wildman–Crippen MR) is 65.9 cm³/mol. The van der Waals surface area contributed by atoms with Crippen LogP contribution in [0.25, 0.3) is 0 Å². The van der Waals surface area contributed by atoms with Gasteiger partial charge in [-0.05, 0) is 44.1 Å². The number of benzene rings is 1. The highest BCUT2D eigenvalue weighted by Gasteiger charge is 2.62. The lowest BCUT2D eigenvalue weighted by molar-refractivity contribution is 0.169. The molecular formula is C15H17NO. The molecule has 0 amide bonds. The van der Waals surface area contributed by atoms with Gasteiger partial charge in [0, 0.05) is 5.56 Å². The van der Waals surface area contributed by atoms with Crippen LogP contribution in [0.2, 0.25) is 0 Å². The number of hydrogen-bond donors (Lipinski definition) is 0. The minimum absolute atomic E-state index is 0.284. The second-order valence-electron chi connectivity index (χ2n) is 5.75. The van der Waals surface area contributed by atoms with Crippen LogP contribution in [-0.2, 0) is 5.41 Å². The van der Waals surface area contributed by atoms with E-state index in [1.807, 2.05) is 12.1 Å². The highest BCUT2D eigenvalue weighted by Crippen LogP contribution is 2.69. The normalized spacial score (nSPS) is 22.6. The van der Waals surface area contributed by atoms with Crippen molar-refractivity contribution in [3.63, 3.8) is 0 Å². The molecule has 1 aromatic rings. The van der Waals surface area contributed by atoms with E-state index in [0.717, 1.165) is 24.2 Å². The van der Waals surface area contributed by atoms with Crippen molar-refractivity contribution in [2.24, 2.45) is 5.41 Å². The summed E-state index contributed by atoms with van der Waals surface area (Å²) in [5, 5.41) is 9.56. The Morgan fingerprint density at radius 3 is 2.53 bits per heavy atom. The fourth-order valence-corrected chi connectivity index (χ4v) is 3.28. The molecular weight excluding hydrogens is 210 g/mol. The summed E-state index contributed by atoms with van der Waals surface area (Å²) >= 11 is 0. The van der Waals surface area contributed by atoms with Crippen LogP contribution in [0.3, 0.4) is 0 Å². The summed E-state index contributed by atoms with van der Waals surface area (Å²) in [6.45, 7) is 2.07. The van der Waals surface area contributed by atoms with Gasteiger partial charge in [0.15, 0.2) is 0 Å². The number of aryl methyl sites for hydroxylation is 1. The molecule has 1 aromatic carbocycles. The molecule has 2 nitrogen and oxygen atoms in total. The number of methoxy groups -OCH3 is 1. The summed E-state index contributed by atoms with van der Waals surface area (Å²) in [5.74, 6) is 0.868. The van der Waals surface area contributed by atoms with Crippen molar-refractivity contribution >= 4 is 0 Å². The van der Waals surface area contributed by atoms with Crippen molar-refractivity contribution in [3.05, 3.63) is 29.3 Å². The van der Waals surface area contributed by atoms with Crippen molar-refractivity contribution in [3.8, 4) is 11.8 Å². The molecule has 2 heteroatoms. The van der Waals surface area contributed by atoms with Crippen molar-refractivity contribution < 1.29 is 4.74 Å². The van der Waals surface area contributed by atoms with Crippen LogP contribution in [0.5, 0.6) is 5.75 Å². The fourth-order valence-electron chi connectivity index (χ4n) is 3.28. The van der Waals surface area contributed by atoms with E-state index < -0.39 is 0 Å². The van der Waals surface area contributed by atoms with E-state index in [0.29, 0.717) is 5.41 Å². The first kappa shape index (κ1) is 10.7. The quantitative estimate of drug-likeness (QED) is 0.776. The van der Waals surface area contributed by atoms with Crippen molar-refractivity contribution in [2.75, 3.05) is 7.11 Å². The maximum absolute atomic E-state index is 9.56. The number of nitrogens with zero attached hydrogens (tertiary/aromatic N) is 1. The zero-order chi connectivity index (χ0) is 12.1. The minimum Gasteiger partial charge on any atom is -0.496 e. The van der Waals surface area contributed by atoms with E-state index in [9.17, 15) is 5.26 Å². The Balaban J connectivity index is 2.02. The predicted octanol–water partition coefficient (Wildman–Crippen LogP) is 3.34. The van der Waals surface area contributed by atoms with Crippen LogP contribution >= 0.6 is 0 Å². The maximum Gasteiger partial charge on any atom is 0.123 e. The van der Waals surface area contributed by atoms with Gasteiger partial charge in [0.2, 0.25) is 0 Å². The fraction of sp³-hybridized carbons (Fsp3) is 0.533. The van der Waals surface area contributed by atoms with E-state index in [1.165, 1.54) is 18.4 Å². The average molecular weight is 227 g/mol. The Hall–Kier alpha value is -1.49. The molecule has 2 fully saturated rings. The van der Waals surface area contributed by atoms with Gasteiger partial charge in [-0.3, -0.25) is 0 Å². The monoisotopic (exact) mass is 227 g/mol. The van der Waals surface area contributed by atoms with E-state index in [-0.39, 0.29) is 5.41 Å². The molecule has 0 heterocycles. The molecule has 0 aromatic heterocycles. The van der Waals surface area contributed by atoms with E-state index in [2.05, 4.69) is 19.1 Å². The third-order valence-electron chi connectivity index (χ3n) is 4.40. The topological polar surface area (TPSA) is 33.0 Å². The van der Waals surface area contributed by atoms with Gasteiger partial charge < -0.3 is 4.74 Å². The van der Waals surface area contributed by atoms with Gasteiger partial charge in [-0.15, -0.1) is 0 Å². The maximum atomic E-state index is 9.56. The molecule has 0 bridgehead atoms. The molecule has 2 aliphatic rings. The Labute approximate surface area is 102 Å². The third-order valence-corrected chi connectivity index (χ3v) is 4.40. The highest BCUT2D eigenvalue weighted by molar-refractivity contribution is 5.49. The SMILES string of the molecule is COc1ccc(C)cc1C1(C#N)CC2(CC2)C1. The number of nitriles is 1. The average Bonchev–Trinajstić information content (AvgIpc) is 3.06. The smallest absolute Gasteiger partial charge is 0.123 e. The zero-order valence-electron chi connectivity index (χ0n) is 10.4. The lowest BCUT2D eigenvalue weighted by Gasteiger charge is -2.44. The van der Waals surface area contributed by atoms with Crippen molar-refractivity contribution in [1.29, 1.82) is 5.26 Å². The van der Waals surface area contributed by atoms with Gasteiger partial charge in [0.25, 0.3) is 0 Å². The second-order valence-corrected chi connectivity index (χ2v) is 5.75. The zero-order valence-corrected chi connectivity index (χ0v) is 10.4. The van der Waals surface area contributed by atoms with Gasteiger partial charge in [0.05, 0.1) is 18.6 Å². The summed E-state index contributed by atoms with van der Waals surface area (Å²) < 4.78 is 5.42. The molecule has 2 saturated carbocycles. The summed E-state index contributed by atoms with van der Waals surface area (Å²) in [6.07, 6.45) is 4.67. The molecule has 0 aliphatic heterocycles. The molecule has 0 radical (unpaired) electrons. The summed E-state index contributed by atoms with van der Waals surface area (Å²) in [5.41, 5.74) is 2.53. The van der Waals surface area contributed by atoms with Crippen molar-refractivity contribution in [2.45, 2.75) is 38.0 Å². The lowest BCUT2D eigenvalue weighted by Crippen LogP contribution is -2.41. The van der Waals surface area contributed by atoms with E-state index in [1.54, 1.807) is 7.11 Å². The second kappa shape index (κ2) is 3.26. The molecule has 0 atom stereocenters. The van der Waals surface area contributed by atoms with Crippen molar-refractivity contribution in [1.82, 2.24) is 0 Å². The Morgan fingerprint density at radius 2 is 2.00 bits per heavy atom. The first-order chi connectivity index (χ1) is 8.13. The summed E-state index contributed by atoms with van der Waals surface area (Å²) in [4.78, 5) is 0. The van der Waals surface area contributed by atoms with Crippen LogP contribution in [0, 0.1) is 23.7 Å². The molecule has 0 unspecified atom stereocenters.